The molecule has 0 saturated carbocycles. The molecule has 7 nitrogen and oxygen atoms in total. The molecule has 0 spiro atoms. The van der Waals surface area contributed by atoms with Crippen molar-refractivity contribution in [2.75, 3.05) is 7.11 Å². The molecule has 4 rings (SSSR count). The number of alkyl halides is 1. The molecule has 10 heteroatoms. The number of halogens is 3. The quantitative estimate of drug-likeness (QED) is 0.353. The summed E-state index contributed by atoms with van der Waals surface area (Å²) in [5, 5.41) is 0. The van der Waals surface area contributed by atoms with Crippen molar-refractivity contribution in [3.8, 4) is 0 Å². The van der Waals surface area contributed by atoms with Crippen LogP contribution in [-0.4, -0.2) is 25.9 Å². The van der Waals surface area contributed by atoms with Crippen molar-refractivity contribution in [1.82, 2.24) is 18.8 Å². The molecule has 0 N–H and O–H groups in total. The third-order valence-corrected chi connectivity index (χ3v) is 5.94. The highest BCUT2D eigenvalue weighted by Gasteiger charge is 2.19. The lowest BCUT2D eigenvalue weighted by molar-refractivity contribution is 0.181. The maximum atomic E-state index is 14.1. The topological polar surface area (TPSA) is 78.0 Å². The Bertz CT molecular complexity index is 1600. The molecule has 0 aliphatic heterocycles. The van der Waals surface area contributed by atoms with Crippen LogP contribution in [0, 0.1) is 11.6 Å². The summed E-state index contributed by atoms with van der Waals surface area (Å²) in [6, 6.07) is 5.23. The molecular weight excluding hydrogens is 497 g/mol. The highest BCUT2D eigenvalue weighted by Crippen LogP contribution is 2.25. The number of rotatable bonds is 3. The maximum absolute atomic E-state index is 14.1. The fourth-order valence-corrected chi connectivity index (χ4v) is 3.63. The van der Waals surface area contributed by atoms with Gasteiger partial charge in [0.15, 0.2) is 22.9 Å². The normalized spacial score (nSPS) is 12.9. The van der Waals surface area contributed by atoms with Gasteiger partial charge in [-0.2, -0.15) is 0 Å². The molecule has 4 heterocycles. The minimum Gasteiger partial charge on any atom is -0.378 e. The van der Waals surface area contributed by atoms with Gasteiger partial charge in [-0.1, -0.05) is 41.5 Å². The van der Waals surface area contributed by atoms with Gasteiger partial charge in [-0.25, -0.2) is 23.1 Å². The molecule has 38 heavy (non-hydrogen) atoms. The van der Waals surface area contributed by atoms with E-state index in [1.165, 1.54) is 36.6 Å². The molecular formula is C28H33F3N4O3. The van der Waals surface area contributed by atoms with Gasteiger partial charge in [-0.15, -0.1) is 0 Å². The molecule has 0 bridgehead atoms. The second kappa shape index (κ2) is 10.7. The highest BCUT2D eigenvalue weighted by molar-refractivity contribution is 5.44. The summed E-state index contributed by atoms with van der Waals surface area (Å²) in [6.45, 7) is 13.1. The second-order valence-corrected chi connectivity index (χ2v) is 11.2. The Balaban J connectivity index is 0.000000211. The third kappa shape index (κ3) is 6.30. The molecule has 204 valence electrons. The molecule has 0 aliphatic carbocycles. The Kier molecular flexibility index (Phi) is 8.16. The Morgan fingerprint density at radius 2 is 1.26 bits per heavy atom. The van der Waals surface area contributed by atoms with E-state index in [2.05, 4.69) is 9.97 Å². The molecule has 1 atom stereocenters. The Labute approximate surface area is 219 Å². The lowest BCUT2D eigenvalue weighted by Crippen LogP contribution is -2.20. The van der Waals surface area contributed by atoms with Gasteiger partial charge in [0.2, 0.25) is 0 Å². The fraction of sp³-hybridized carbons (Fsp3) is 0.429. The smallest absolute Gasteiger partial charge is 0.258 e. The van der Waals surface area contributed by atoms with Gasteiger partial charge in [0.05, 0.1) is 18.0 Å². The summed E-state index contributed by atoms with van der Waals surface area (Å²) in [4.78, 5) is 31.9. The van der Waals surface area contributed by atoms with Gasteiger partial charge in [-0.05, 0) is 41.0 Å². The fourth-order valence-electron chi connectivity index (χ4n) is 3.63. The van der Waals surface area contributed by atoms with Crippen molar-refractivity contribution >= 4 is 11.3 Å². The average molecular weight is 531 g/mol. The van der Waals surface area contributed by atoms with Crippen LogP contribution in [0.1, 0.15) is 77.2 Å². The summed E-state index contributed by atoms with van der Waals surface area (Å²) in [5.74, 6) is -1.12. The number of hydrogen-bond donors (Lipinski definition) is 0. The Hall–Kier alpha value is -3.53. The lowest BCUT2D eigenvalue weighted by atomic mass is 9.88. The summed E-state index contributed by atoms with van der Waals surface area (Å²) in [6.07, 6.45) is 1.80. The van der Waals surface area contributed by atoms with E-state index >= 15 is 0 Å². The maximum Gasteiger partial charge on any atom is 0.258 e. The molecule has 4 aromatic heterocycles. The van der Waals surface area contributed by atoms with Gasteiger partial charge < -0.3 is 4.74 Å². The molecule has 1 unspecified atom stereocenters. The minimum absolute atomic E-state index is 0.0348. The van der Waals surface area contributed by atoms with Gasteiger partial charge in [-0.3, -0.25) is 18.4 Å². The van der Waals surface area contributed by atoms with Crippen molar-refractivity contribution in [3.05, 3.63) is 91.5 Å². The van der Waals surface area contributed by atoms with E-state index < -0.39 is 23.4 Å². The Morgan fingerprint density at radius 3 is 1.68 bits per heavy atom. The van der Waals surface area contributed by atoms with Crippen LogP contribution < -0.4 is 11.1 Å². The first-order valence-electron chi connectivity index (χ1n) is 12.1. The van der Waals surface area contributed by atoms with E-state index in [0.29, 0.717) is 11.3 Å². The van der Waals surface area contributed by atoms with Crippen LogP contribution in [0.3, 0.4) is 0 Å². The van der Waals surface area contributed by atoms with Crippen LogP contribution in [0.5, 0.6) is 0 Å². The number of methoxy groups -OCH3 is 1. The number of nitrogens with zero attached hydrogens (tertiary/aromatic N) is 4. The number of ether oxygens (including phenoxy) is 1. The number of hydrogen-bond acceptors (Lipinski definition) is 5. The highest BCUT2D eigenvalue weighted by atomic mass is 19.1. The van der Waals surface area contributed by atoms with Crippen LogP contribution in [0.15, 0.2) is 46.2 Å². The zero-order chi connectivity index (χ0) is 28.6. The van der Waals surface area contributed by atoms with Gasteiger partial charge >= 0.3 is 0 Å². The van der Waals surface area contributed by atoms with Crippen LogP contribution in [0.2, 0.25) is 0 Å². The van der Waals surface area contributed by atoms with E-state index in [4.69, 9.17) is 4.74 Å². The largest absolute Gasteiger partial charge is 0.378 e. The van der Waals surface area contributed by atoms with E-state index in [0.717, 1.165) is 16.0 Å². The van der Waals surface area contributed by atoms with E-state index in [1.807, 2.05) is 41.5 Å². The monoisotopic (exact) mass is 530 g/mol. The number of aromatic nitrogens is 4. The van der Waals surface area contributed by atoms with Gasteiger partial charge in [0.1, 0.15) is 6.17 Å². The zero-order valence-corrected chi connectivity index (χ0v) is 22.9. The van der Waals surface area contributed by atoms with E-state index in [1.54, 1.807) is 12.4 Å². The van der Waals surface area contributed by atoms with Gasteiger partial charge in [0.25, 0.3) is 11.1 Å². The summed E-state index contributed by atoms with van der Waals surface area (Å²) in [7, 11) is 1.50. The second-order valence-electron chi connectivity index (χ2n) is 11.2. The van der Waals surface area contributed by atoms with Crippen molar-refractivity contribution in [2.45, 2.75) is 72.1 Å². The van der Waals surface area contributed by atoms with Crippen LogP contribution in [0.4, 0.5) is 13.2 Å². The molecule has 0 aliphatic rings. The zero-order valence-electron chi connectivity index (χ0n) is 22.9. The van der Waals surface area contributed by atoms with Crippen molar-refractivity contribution < 1.29 is 17.9 Å². The predicted octanol–water partition coefficient (Wildman–Crippen LogP) is 5.44. The standard InChI is InChI=1S/C14H16F2N2O.C14H17FN2O2/c1-8(15)11-6-12(19)18-7-9(14(2,3)4)5-10(16)13(18)17-11;1-14(2,3)9-5-11(15)13-16-10(8-19-4)6-12(18)17(13)7-9/h5-8H,1-4H3;5-7H,8H2,1-4H3. The van der Waals surface area contributed by atoms with Crippen LogP contribution in [0.25, 0.3) is 11.3 Å². The van der Waals surface area contributed by atoms with Crippen molar-refractivity contribution in [2.24, 2.45) is 0 Å². The molecule has 0 fully saturated rings. The molecule has 0 saturated heterocycles. The Morgan fingerprint density at radius 1 is 0.816 bits per heavy atom. The summed E-state index contributed by atoms with van der Waals surface area (Å²) in [5.41, 5.74) is 0.398. The predicted molar refractivity (Wildman–Crippen MR) is 140 cm³/mol. The minimum atomic E-state index is -1.40. The van der Waals surface area contributed by atoms with Crippen LogP contribution in [-0.2, 0) is 22.2 Å². The first-order valence-corrected chi connectivity index (χ1v) is 12.1. The molecule has 0 aromatic carbocycles. The first-order chi connectivity index (χ1) is 17.5. The first kappa shape index (κ1) is 29.0. The van der Waals surface area contributed by atoms with Gasteiger partial charge in [0, 0.05) is 31.6 Å². The SMILES string of the molecule is CC(F)c1cc(=O)n2cc(C(C)(C)C)cc(F)c2n1.COCc1cc(=O)n2cc(C(C)(C)C)cc(F)c2n1. The van der Waals surface area contributed by atoms with Crippen molar-refractivity contribution in [1.29, 1.82) is 0 Å². The number of fused-ring (bicyclic) bond motifs is 2. The number of pyridine rings is 2. The van der Waals surface area contributed by atoms with Crippen LogP contribution >= 0.6 is 0 Å². The summed E-state index contributed by atoms with van der Waals surface area (Å²) < 4.78 is 48.7. The third-order valence-electron chi connectivity index (χ3n) is 5.94. The van der Waals surface area contributed by atoms with E-state index in [9.17, 15) is 22.8 Å². The van der Waals surface area contributed by atoms with E-state index in [-0.39, 0.29) is 40.0 Å². The molecule has 0 radical (unpaired) electrons. The average Bonchev–Trinajstić information content (AvgIpc) is 2.79. The lowest BCUT2D eigenvalue weighted by Gasteiger charge is -2.19. The molecule has 0 amide bonds. The van der Waals surface area contributed by atoms with Crippen molar-refractivity contribution in [3.63, 3.8) is 0 Å². The molecule has 4 aromatic rings. The summed E-state index contributed by atoms with van der Waals surface area (Å²) >= 11 is 0.